The summed E-state index contributed by atoms with van der Waals surface area (Å²) in [5.74, 6) is 0. The van der Waals surface area contributed by atoms with Crippen molar-refractivity contribution in [3.63, 3.8) is 0 Å². The molecule has 0 radical (unpaired) electrons. The molecule has 2 saturated heterocycles. The standard InChI is InChI=1S/C8H13NO3/c1-5(2)9-6-3-11-4-7(6)12-8(9)10/h5-7H,3-4H2,1-2H3. The van der Waals surface area contributed by atoms with E-state index in [1.807, 2.05) is 13.8 Å². The molecular weight excluding hydrogens is 158 g/mol. The van der Waals surface area contributed by atoms with Gasteiger partial charge in [0, 0.05) is 6.04 Å². The SMILES string of the molecule is CC(C)N1C(=O)OC2COCC21. The third kappa shape index (κ3) is 0.982. The van der Waals surface area contributed by atoms with Crippen LogP contribution in [0.4, 0.5) is 4.79 Å². The lowest BCUT2D eigenvalue weighted by Gasteiger charge is -2.22. The number of hydrogen-bond acceptors (Lipinski definition) is 3. The lowest BCUT2D eigenvalue weighted by atomic mass is 10.2. The molecule has 2 aliphatic heterocycles. The minimum absolute atomic E-state index is 0.0279. The topological polar surface area (TPSA) is 38.8 Å². The molecule has 2 fully saturated rings. The van der Waals surface area contributed by atoms with E-state index in [1.54, 1.807) is 4.90 Å². The van der Waals surface area contributed by atoms with E-state index < -0.39 is 0 Å². The summed E-state index contributed by atoms with van der Waals surface area (Å²) >= 11 is 0. The Morgan fingerprint density at radius 2 is 2.25 bits per heavy atom. The van der Waals surface area contributed by atoms with Crippen LogP contribution in [0.1, 0.15) is 13.8 Å². The molecule has 4 heteroatoms. The molecule has 0 aliphatic carbocycles. The van der Waals surface area contributed by atoms with Gasteiger partial charge in [-0.2, -0.15) is 0 Å². The predicted molar refractivity (Wildman–Crippen MR) is 41.9 cm³/mol. The maximum atomic E-state index is 11.3. The van der Waals surface area contributed by atoms with Gasteiger partial charge in [0.2, 0.25) is 0 Å². The molecule has 0 saturated carbocycles. The molecule has 0 N–H and O–H groups in total. The second-order valence-electron chi connectivity index (χ2n) is 3.53. The van der Waals surface area contributed by atoms with Gasteiger partial charge in [0.05, 0.1) is 19.3 Å². The maximum Gasteiger partial charge on any atom is 0.410 e. The van der Waals surface area contributed by atoms with E-state index in [0.29, 0.717) is 13.2 Å². The van der Waals surface area contributed by atoms with Crippen molar-refractivity contribution >= 4 is 6.09 Å². The highest BCUT2D eigenvalue weighted by atomic mass is 16.6. The number of rotatable bonds is 1. The Kier molecular flexibility index (Phi) is 1.72. The molecule has 2 atom stereocenters. The van der Waals surface area contributed by atoms with Crippen LogP contribution in [0.25, 0.3) is 0 Å². The second-order valence-corrected chi connectivity index (χ2v) is 3.53. The van der Waals surface area contributed by atoms with Gasteiger partial charge in [-0.25, -0.2) is 4.79 Å². The third-order valence-electron chi connectivity index (χ3n) is 2.38. The number of amides is 1. The fourth-order valence-electron chi connectivity index (χ4n) is 1.81. The average molecular weight is 171 g/mol. The molecule has 1 amide bonds. The van der Waals surface area contributed by atoms with E-state index in [2.05, 4.69) is 0 Å². The van der Waals surface area contributed by atoms with E-state index in [4.69, 9.17) is 9.47 Å². The zero-order valence-corrected chi connectivity index (χ0v) is 7.32. The summed E-state index contributed by atoms with van der Waals surface area (Å²) in [5.41, 5.74) is 0. The lowest BCUT2D eigenvalue weighted by molar-refractivity contribution is 0.0843. The lowest BCUT2D eigenvalue weighted by Crippen LogP contribution is -2.41. The van der Waals surface area contributed by atoms with Gasteiger partial charge in [-0.3, -0.25) is 4.90 Å². The molecule has 2 unspecified atom stereocenters. The smallest absolute Gasteiger partial charge is 0.410 e. The van der Waals surface area contributed by atoms with Crippen molar-refractivity contribution in [2.75, 3.05) is 13.2 Å². The molecule has 12 heavy (non-hydrogen) atoms. The van der Waals surface area contributed by atoms with Gasteiger partial charge in [-0.1, -0.05) is 0 Å². The summed E-state index contributed by atoms with van der Waals surface area (Å²) in [5, 5.41) is 0. The summed E-state index contributed by atoms with van der Waals surface area (Å²) in [4.78, 5) is 13.0. The van der Waals surface area contributed by atoms with Crippen molar-refractivity contribution < 1.29 is 14.3 Å². The first-order valence-electron chi connectivity index (χ1n) is 4.27. The number of hydrogen-bond donors (Lipinski definition) is 0. The van der Waals surface area contributed by atoms with Crippen LogP contribution in [0.15, 0.2) is 0 Å². The van der Waals surface area contributed by atoms with E-state index in [-0.39, 0.29) is 24.3 Å². The van der Waals surface area contributed by atoms with Gasteiger partial charge in [-0.05, 0) is 13.8 Å². The number of carbonyl (C=O) groups is 1. The molecule has 2 rings (SSSR count). The average Bonchev–Trinajstić information content (AvgIpc) is 2.44. The Hall–Kier alpha value is -0.770. The highest BCUT2D eigenvalue weighted by molar-refractivity contribution is 5.71. The van der Waals surface area contributed by atoms with Gasteiger partial charge in [0.25, 0.3) is 0 Å². The van der Waals surface area contributed by atoms with Gasteiger partial charge >= 0.3 is 6.09 Å². The van der Waals surface area contributed by atoms with E-state index in [1.165, 1.54) is 0 Å². The normalized spacial score (nSPS) is 34.2. The fraction of sp³-hybridized carbons (Fsp3) is 0.875. The molecule has 2 aliphatic rings. The first-order valence-corrected chi connectivity index (χ1v) is 4.27. The zero-order chi connectivity index (χ0) is 8.72. The van der Waals surface area contributed by atoms with Crippen molar-refractivity contribution in [2.24, 2.45) is 0 Å². The van der Waals surface area contributed by atoms with Crippen LogP contribution in [0.5, 0.6) is 0 Å². The monoisotopic (exact) mass is 171 g/mol. The Balaban J connectivity index is 2.16. The van der Waals surface area contributed by atoms with Crippen molar-refractivity contribution in [3.8, 4) is 0 Å². The molecule has 68 valence electrons. The van der Waals surface area contributed by atoms with Gasteiger partial charge < -0.3 is 9.47 Å². The molecule has 0 bridgehead atoms. The zero-order valence-electron chi connectivity index (χ0n) is 7.32. The summed E-state index contributed by atoms with van der Waals surface area (Å²) in [6, 6.07) is 0.353. The van der Waals surface area contributed by atoms with Crippen molar-refractivity contribution in [2.45, 2.75) is 32.0 Å². The van der Waals surface area contributed by atoms with Crippen LogP contribution in [-0.4, -0.2) is 42.4 Å². The van der Waals surface area contributed by atoms with E-state index >= 15 is 0 Å². The second kappa shape index (κ2) is 2.62. The van der Waals surface area contributed by atoms with Crippen LogP contribution < -0.4 is 0 Å². The minimum Gasteiger partial charge on any atom is -0.441 e. The maximum absolute atomic E-state index is 11.3. The van der Waals surface area contributed by atoms with Gasteiger partial charge in [-0.15, -0.1) is 0 Å². The molecule has 4 nitrogen and oxygen atoms in total. The van der Waals surface area contributed by atoms with Crippen LogP contribution in [0.3, 0.4) is 0 Å². The molecule has 2 heterocycles. The quantitative estimate of drug-likeness (QED) is 0.580. The number of fused-ring (bicyclic) bond motifs is 1. The molecular formula is C8H13NO3. The highest BCUT2D eigenvalue weighted by Gasteiger charge is 2.46. The van der Waals surface area contributed by atoms with E-state index in [0.717, 1.165) is 0 Å². The van der Waals surface area contributed by atoms with Crippen LogP contribution in [-0.2, 0) is 9.47 Å². The summed E-state index contributed by atoms with van der Waals surface area (Å²) in [7, 11) is 0. The van der Waals surface area contributed by atoms with Gasteiger partial charge in [0.1, 0.15) is 6.10 Å². The Morgan fingerprint density at radius 1 is 1.50 bits per heavy atom. The summed E-state index contributed by atoms with van der Waals surface area (Å²) in [6.45, 7) is 5.15. The first-order chi connectivity index (χ1) is 5.70. The molecule has 0 spiro atoms. The molecule has 0 aromatic heterocycles. The highest BCUT2D eigenvalue weighted by Crippen LogP contribution is 2.26. The minimum atomic E-state index is -0.191. The molecule has 0 aromatic carbocycles. The van der Waals surface area contributed by atoms with Crippen molar-refractivity contribution in [3.05, 3.63) is 0 Å². The Morgan fingerprint density at radius 3 is 2.92 bits per heavy atom. The van der Waals surface area contributed by atoms with Crippen LogP contribution in [0.2, 0.25) is 0 Å². The number of nitrogens with zero attached hydrogens (tertiary/aromatic N) is 1. The summed E-state index contributed by atoms with van der Waals surface area (Å²) < 4.78 is 10.3. The van der Waals surface area contributed by atoms with Crippen LogP contribution >= 0.6 is 0 Å². The summed E-state index contributed by atoms with van der Waals surface area (Å²) in [6.07, 6.45) is -0.219. The Bertz CT molecular complexity index is 204. The third-order valence-corrected chi connectivity index (χ3v) is 2.38. The number of ether oxygens (including phenoxy) is 2. The van der Waals surface area contributed by atoms with E-state index in [9.17, 15) is 4.79 Å². The van der Waals surface area contributed by atoms with Gasteiger partial charge in [0.15, 0.2) is 0 Å². The molecule has 0 aromatic rings. The van der Waals surface area contributed by atoms with Crippen molar-refractivity contribution in [1.82, 2.24) is 4.90 Å². The number of carbonyl (C=O) groups excluding carboxylic acids is 1. The Labute approximate surface area is 71.4 Å². The predicted octanol–water partition coefficient (Wildman–Crippen LogP) is 0.614. The first kappa shape index (κ1) is 7.86. The van der Waals surface area contributed by atoms with Crippen LogP contribution in [0, 0.1) is 0 Å². The largest absolute Gasteiger partial charge is 0.441 e. The fourth-order valence-corrected chi connectivity index (χ4v) is 1.81. The van der Waals surface area contributed by atoms with Crippen molar-refractivity contribution in [1.29, 1.82) is 0 Å².